The largest absolute Gasteiger partial charge is 0.471 e. The second-order valence-electron chi connectivity index (χ2n) is 3.38. The van der Waals surface area contributed by atoms with Gasteiger partial charge in [0, 0.05) is 13.1 Å². The third-order valence-electron chi connectivity index (χ3n) is 1.89. The summed E-state index contributed by atoms with van der Waals surface area (Å²) in [6, 6.07) is 1.12. The van der Waals surface area contributed by atoms with E-state index in [4.69, 9.17) is 0 Å². The van der Waals surface area contributed by atoms with E-state index in [1.807, 2.05) is 0 Å². The van der Waals surface area contributed by atoms with Crippen LogP contribution in [0.15, 0.2) is 6.07 Å². The minimum absolute atomic E-state index is 0.187. The zero-order valence-electron chi connectivity index (χ0n) is 9.48. The Kier molecular flexibility index (Phi) is 3.92. The molecule has 0 saturated heterocycles. The number of halogens is 5. The lowest BCUT2D eigenvalue weighted by Crippen LogP contribution is -2.41. The van der Waals surface area contributed by atoms with Crippen molar-refractivity contribution in [2.45, 2.75) is 19.0 Å². The molecule has 9 heteroatoms. The SMILES string of the molecule is CNc1cc(OCC(F)(F)C(F)(F)F)nc(C)n1. The zero-order chi connectivity index (χ0) is 14.0. The van der Waals surface area contributed by atoms with Gasteiger partial charge in [-0.1, -0.05) is 0 Å². The van der Waals surface area contributed by atoms with E-state index in [0.29, 0.717) is 0 Å². The molecule has 0 spiro atoms. The number of aryl methyl sites for hydroxylation is 1. The van der Waals surface area contributed by atoms with Crippen molar-refractivity contribution in [1.29, 1.82) is 0 Å². The van der Waals surface area contributed by atoms with Crippen molar-refractivity contribution in [2.75, 3.05) is 19.0 Å². The minimum atomic E-state index is -5.65. The molecular formula is C9H10F5N3O. The highest BCUT2D eigenvalue weighted by Gasteiger charge is 2.58. The fourth-order valence-corrected chi connectivity index (χ4v) is 0.989. The van der Waals surface area contributed by atoms with Gasteiger partial charge in [0.2, 0.25) is 5.88 Å². The van der Waals surface area contributed by atoms with Crippen LogP contribution in [0.4, 0.5) is 27.8 Å². The Labute approximate surface area is 99.2 Å². The number of ether oxygens (including phenoxy) is 1. The van der Waals surface area contributed by atoms with Crippen molar-refractivity contribution in [3.63, 3.8) is 0 Å². The van der Waals surface area contributed by atoms with Gasteiger partial charge < -0.3 is 10.1 Å². The first-order valence-corrected chi connectivity index (χ1v) is 4.76. The first kappa shape index (κ1) is 14.4. The number of nitrogens with one attached hydrogen (secondary N) is 1. The summed E-state index contributed by atoms with van der Waals surface area (Å²) in [5.74, 6) is -4.83. The van der Waals surface area contributed by atoms with Crippen LogP contribution in [0.2, 0.25) is 0 Å². The molecule has 4 nitrogen and oxygen atoms in total. The van der Waals surface area contributed by atoms with Gasteiger partial charge in [-0.25, -0.2) is 4.98 Å². The second kappa shape index (κ2) is 4.91. The Hall–Kier alpha value is -1.67. The molecule has 0 bridgehead atoms. The van der Waals surface area contributed by atoms with Crippen molar-refractivity contribution < 1.29 is 26.7 Å². The molecule has 0 aromatic carbocycles. The van der Waals surface area contributed by atoms with Crippen molar-refractivity contribution >= 4 is 5.82 Å². The molecule has 0 amide bonds. The predicted octanol–water partition coefficient (Wildman–Crippen LogP) is 2.40. The monoisotopic (exact) mass is 271 g/mol. The van der Waals surface area contributed by atoms with Gasteiger partial charge in [0.15, 0.2) is 6.61 Å². The summed E-state index contributed by atoms with van der Waals surface area (Å²) in [5, 5.41) is 2.59. The maximum atomic E-state index is 12.6. The molecule has 0 unspecified atom stereocenters. The molecule has 18 heavy (non-hydrogen) atoms. The smallest absolute Gasteiger partial charge is 0.456 e. The van der Waals surface area contributed by atoms with Gasteiger partial charge in [-0.3, -0.25) is 0 Å². The molecule has 0 aliphatic heterocycles. The van der Waals surface area contributed by atoms with Crippen LogP contribution in [0.3, 0.4) is 0 Å². The highest BCUT2D eigenvalue weighted by molar-refractivity contribution is 5.37. The molecule has 0 radical (unpaired) electrons. The number of aromatic nitrogens is 2. The lowest BCUT2D eigenvalue weighted by Gasteiger charge is -2.19. The van der Waals surface area contributed by atoms with Crippen LogP contribution < -0.4 is 10.1 Å². The molecule has 0 aliphatic carbocycles. The molecular weight excluding hydrogens is 261 g/mol. The van der Waals surface area contributed by atoms with E-state index in [1.165, 1.54) is 14.0 Å². The number of alkyl halides is 5. The topological polar surface area (TPSA) is 47.0 Å². The van der Waals surface area contributed by atoms with E-state index in [9.17, 15) is 22.0 Å². The molecule has 1 aromatic rings. The van der Waals surface area contributed by atoms with E-state index in [1.54, 1.807) is 0 Å². The Bertz CT molecular complexity index is 421. The van der Waals surface area contributed by atoms with Crippen molar-refractivity contribution in [2.24, 2.45) is 0 Å². The van der Waals surface area contributed by atoms with E-state index in [2.05, 4.69) is 20.0 Å². The van der Waals surface area contributed by atoms with Gasteiger partial charge in [-0.2, -0.15) is 26.9 Å². The molecule has 0 saturated carbocycles. The first-order valence-electron chi connectivity index (χ1n) is 4.76. The average molecular weight is 271 g/mol. The van der Waals surface area contributed by atoms with Crippen LogP contribution >= 0.6 is 0 Å². The van der Waals surface area contributed by atoms with Crippen LogP contribution in [0.5, 0.6) is 5.88 Å². The fourth-order valence-electron chi connectivity index (χ4n) is 0.989. The van der Waals surface area contributed by atoms with Crippen LogP contribution in [-0.2, 0) is 0 Å². The van der Waals surface area contributed by atoms with Crippen LogP contribution in [-0.4, -0.2) is 35.7 Å². The van der Waals surface area contributed by atoms with Gasteiger partial charge in [-0.15, -0.1) is 0 Å². The summed E-state index contributed by atoms with van der Waals surface area (Å²) >= 11 is 0. The Balaban J connectivity index is 2.78. The molecule has 0 fully saturated rings. The van der Waals surface area contributed by atoms with Gasteiger partial charge in [0.05, 0.1) is 0 Å². The lowest BCUT2D eigenvalue weighted by atomic mass is 10.3. The molecule has 1 rings (SSSR count). The molecule has 0 aliphatic rings. The molecule has 0 atom stereocenters. The summed E-state index contributed by atoms with van der Waals surface area (Å²) in [5.41, 5.74) is 0. The second-order valence-corrected chi connectivity index (χ2v) is 3.38. The molecule has 1 heterocycles. The maximum absolute atomic E-state index is 12.6. The summed E-state index contributed by atoms with van der Waals surface area (Å²) in [4.78, 5) is 7.43. The third kappa shape index (κ3) is 3.41. The van der Waals surface area contributed by atoms with E-state index >= 15 is 0 Å². The summed E-state index contributed by atoms with van der Waals surface area (Å²) in [6.45, 7) is -0.369. The molecule has 102 valence electrons. The van der Waals surface area contributed by atoms with Crippen LogP contribution in [0.1, 0.15) is 5.82 Å². The van der Waals surface area contributed by atoms with Crippen molar-refractivity contribution in [3.8, 4) is 5.88 Å². The lowest BCUT2D eigenvalue weighted by molar-refractivity contribution is -0.290. The normalized spacial score (nSPS) is 12.4. The maximum Gasteiger partial charge on any atom is 0.456 e. The standard InChI is InChI=1S/C9H10F5N3O/c1-5-16-6(15-2)3-7(17-5)18-4-8(10,11)9(12,13)14/h3H,4H2,1-2H3,(H,15,16,17). The molecule has 1 aromatic heterocycles. The van der Waals surface area contributed by atoms with E-state index in [-0.39, 0.29) is 17.5 Å². The van der Waals surface area contributed by atoms with E-state index < -0.39 is 18.7 Å². The van der Waals surface area contributed by atoms with Gasteiger partial charge in [0.25, 0.3) is 0 Å². The Morgan fingerprint density at radius 3 is 2.33 bits per heavy atom. The number of hydrogen-bond donors (Lipinski definition) is 1. The Morgan fingerprint density at radius 2 is 1.83 bits per heavy atom. The zero-order valence-corrected chi connectivity index (χ0v) is 9.48. The Morgan fingerprint density at radius 1 is 1.22 bits per heavy atom. The van der Waals surface area contributed by atoms with Gasteiger partial charge in [-0.05, 0) is 6.92 Å². The first-order chi connectivity index (χ1) is 8.15. The van der Waals surface area contributed by atoms with Crippen molar-refractivity contribution in [1.82, 2.24) is 9.97 Å². The number of hydrogen-bond acceptors (Lipinski definition) is 4. The van der Waals surface area contributed by atoms with Gasteiger partial charge >= 0.3 is 12.1 Å². The third-order valence-corrected chi connectivity index (χ3v) is 1.89. The quantitative estimate of drug-likeness (QED) is 0.854. The number of rotatable bonds is 4. The minimum Gasteiger partial charge on any atom is -0.471 e. The summed E-state index contributed by atoms with van der Waals surface area (Å²) in [7, 11) is 1.51. The van der Waals surface area contributed by atoms with Crippen LogP contribution in [0.25, 0.3) is 0 Å². The van der Waals surface area contributed by atoms with Crippen molar-refractivity contribution in [3.05, 3.63) is 11.9 Å². The highest BCUT2D eigenvalue weighted by atomic mass is 19.4. The summed E-state index contributed by atoms with van der Waals surface area (Å²) in [6.07, 6.45) is -5.65. The average Bonchev–Trinajstić information content (AvgIpc) is 2.24. The predicted molar refractivity (Wildman–Crippen MR) is 52.8 cm³/mol. The van der Waals surface area contributed by atoms with Gasteiger partial charge in [0.1, 0.15) is 11.6 Å². The summed E-state index contributed by atoms with van der Waals surface area (Å²) < 4.78 is 65.2. The number of nitrogens with zero attached hydrogens (tertiary/aromatic N) is 2. The van der Waals surface area contributed by atoms with Crippen LogP contribution in [0, 0.1) is 6.92 Å². The highest BCUT2D eigenvalue weighted by Crippen LogP contribution is 2.35. The number of anilines is 1. The fraction of sp³-hybridized carbons (Fsp3) is 0.556. The molecule has 1 N–H and O–H groups in total. The van der Waals surface area contributed by atoms with E-state index in [0.717, 1.165) is 6.07 Å².